The minimum absolute atomic E-state index is 0. The van der Waals surface area contributed by atoms with E-state index in [0.29, 0.717) is 0 Å². The van der Waals surface area contributed by atoms with Crippen molar-refractivity contribution in [1.82, 2.24) is 5.32 Å². The second kappa shape index (κ2) is 7.92. The fourth-order valence-corrected chi connectivity index (χ4v) is 2.69. The molecular formula is C15H21ClF3NO2. The maximum Gasteiger partial charge on any atom is 0.420 e. The normalized spacial score (nSPS) is 18.5. The van der Waals surface area contributed by atoms with Gasteiger partial charge in [0.05, 0.1) is 13.7 Å². The first-order chi connectivity index (χ1) is 9.97. The second-order valence-electron chi connectivity index (χ2n) is 5.06. The van der Waals surface area contributed by atoms with Crippen molar-refractivity contribution in [1.29, 1.82) is 0 Å². The largest absolute Gasteiger partial charge is 0.496 e. The molecular weight excluding hydrogens is 319 g/mol. The lowest BCUT2D eigenvalue weighted by atomic mass is 9.90. The maximum atomic E-state index is 13.1. The smallest absolute Gasteiger partial charge is 0.420 e. The van der Waals surface area contributed by atoms with Crippen molar-refractivity contribution in [2.24, 2.45) is 0 Å². The van der Waals surface area contributed by atoms with Crippen LogP contribution in [0.25, 0.3) is 0 Å². The van der Waals surface area contributed by atoms with Crippen molar-refractivity contribution in [3.8, 4) is 11.5 Å². The van der Waals surface area contributed by atoms with Gasteiger partial charge in [0.15, 0.2) is 0 Å². The summed E-state index contributed by atoms with van der Waals surface area (Å²) in [6, 6.07) is 2.54. The Labute approximate surface area is 134 Å². The van der Waals surface area contributed by atoms with Crippen molar-refractivity contribution >= 4 is 12.4 Å². The van der Waals surface area contributed by atoms with Gasteiger partial charge in [-0.25, -0.2) is 0 Å². The van der Waals surface area contributed by atoms with Crippen LogP contribution in [0.4, 0.5) is 13.2 Å². The van der Waals surface area contributed by atoms with E-state index in [1.165, 1.54) is 13.2 Å². The number of hydrogen-bond acceptors (Lipinski definition) is 3. The Balaban J connectivity index is 0.00000242. The molecule has 0 saturated carbocycles. The van der Waals surface area contributed by atoms with Crippen LogP contribution >= 0.6 is 12.4 Å². The van der Waals surface area contributed by atoms with Gasteiger partial charge in [-0.2, -0.15) is 13.2 Å². The Bertz CT molecular complexity index is 488. The van der Waals surface area contributed by atoms with Crippen molar-refractivity contribution in [3.05, 3.63) is 23.3 Å². The summed E-state index contributed by atoms with van der Waals surface area (Å²) in [7, 11) is 1.40. The van der Waals surface area contributed by atoms with Crippen molar-refractivity contribution in [2.75, 3.05) is 26.8 Å². The Morgan fingerprint density at radius 2 is 2.00 bits per heavy atom. The summed E-state index contributed by atoms with van der Waals surface area (Å²) in [5.41, 5.74) is -0.00475. The van der Waals surface area contributed by atoms with E-state index >= 15 is 0 Å². The number of nitrogens with one attached hydrogen (secondary N) is 1. The Hall–Kier alpha value is -1.14. The van der Waals surface area contributed by atoms with Crippen LogP contribution in [0, 0.1) is 0 Å². The van der Waals surface area contributed by atoms with Crippen molar-refractivity contribution < 1.29 is 22.6 Å². The summed E-state index contributed by atoms with van der Waals surface area (Å²) < 4.78 is 49.7. The number of rotatable bonds is 4. The van der Waals surface area contributed by atoms with Gasteiger partial charge in [0.2, 0.25) is 0 Å². The SMILES string of the molecule is CCOc1cc([C@@H]2CCCNC2)c(OC)cc1C(F)(F)F.Cl. The molecule has 0 amide bonds. The Morgan fingerprint density at radius 3 is 2.50 bits per heavy atom. The van der Waals surface area contributed by atoms with Crippen LogP contribution in [0.3, 0.4) is 0 Å². The first-order valence-electron chi connectivity index (χ1n) is 7.10. The molecule has 1 atom stereocenters. The monoisotopic (exact) mass is 339 g/mol. The molecule has 0 unspecified atom stereocenters. The molecule has 0 radical (unpaired) electrons. The molecule has 1 heterocycles. The van der Waals surface area contributed by atoms with Gasteiger partial charge >= 0.3 is 6.18 Å². The zero-order valence-electron chi connectivity index (χ0n) is 12.6. The number of benzene rings is 1. The molecule has 1 aliphatic heterocycles. The lowest BCUT2D eigenvalue weighted by Crippen LogP contribution is -2.28. The predicted octanol–water partition coefficient (Wildman–Crippen LogP) is 4.00. The average Bonchev–Trinajstić information content (AvgIpc) is 2.47. The maximum absolute atomic E-state index is 13.1. The van der Waals surface area contributed by atoms with Gasteiger partial charge in [-0.05, 0) is 38.4 Å². The highest BCUT2D eigenvalue weighted by atomic mass is 35.5. The lowest BCUT2D eigenvalue weighted by molar-refractivity contribution is -0.139. The van der Waals surface area contributed by atoms with E-state index in [-0.39, 0.29) is 36.4 Å². The van der Waals surface area contributed by atoms with E-state index in [9.17, 15) is 13.2 Å². The quantitative estimate of drug-likeness (QED) is 0.899. The van der Waals surface area contributed by atoms with Gasteiger partial charge in [0.1, 0.15) is 17.1 Å². The predicted molar refractivity (Wildman–Crippen MR) is 81.3 cm³/mol. The lowest BCUT2D eigenvalue weighted by Gasteiger charge is -2.26. The summed E-state index contributed by atoms with van der Waals surface area (Å²) in [6.45, 7) is 3.55. The molecule has 0 bridgehead atoms. The van der Waals surface area contributed by atoms with Crippen molar-refractivity contribution in [3.63, 3.8) is 0 Å². The third-order valence-electron chi connectivity index (χ3n) is 3.67. The fraction of sp³-hybridized carbons (Fsp3) is 0.600. The van der Waals surface area contributed by atoms with Gasteiger partial charge in [-0.3, -0.25) is 0 Å². The number of hydrogen-bond donors (Lipinski definition) is 1. The average molecular weight is 340 g/mol. The van der Waals surface area contributed by atoms with E-state index in [2.05, 4.69) is 5.32 Å². The molecule has 22 heavy (non-hydrogen) atoms. The molecule has 1 fully saturated rings. The van der Waals surface area contributed by atoms with Crippen LogP contribution in [0.5, 0.6) is 11.5 Å². The number of ether oxygens (including phenoxy) is 2. The summed E-state index contributed by atoms with van der Waals surface area (Å²) in [5.74, 6) is 0.307. The second-order valence-corrected chi connectivity index (χ2v) is 5.06. The van der Waals surface area contributed by atoms with E-state index < -0.39 is 11.7 Å². The minimum atomic E-state index is -4.46. The van der Waals surface area contributed by atoms with E-state index in [4.69, 9.17) is 9.47 Å². The van der Waals surface area contributed by atoms with E-state index in [1.54, 1.807) is 6.92 Å². The van der Waals surface area contributed by atoms with Gasteiger partial charge in [0.25, 0.3) is 0 Å². The Morgan fingerprint density at radius 1 is 1.27 bits per heavy atom. The molecule has 2 rings (SSSR count). The van der Waals surface area contributed by atoms with Gasteiger partial charge in [0, 0.05) is 18.0 Å². The zero-order chi connectivity index (χ0) is 15.5. The highest BCUT2D eigenvalue weighted by molar-refractivity contribution is 5.85. The molecule has 0 spiro atoms. The molecule has 1 aromatic carbocycles. The number of alkyl halides is 3. The molecule has 0 aliphatic carbocycles. The zero-order valence-corrected chi connectivity index (χ0v) is 13.4. The van der Waals surface area contributed by atoms with Gasteiger partial charge < -0.3 is 14.8 Å². The minimum Gasteiger partial charge on any atom is -0.496 e. The molecule has 0 aromatic heterocycles. The molecule has 1 saturated heterocycles. The summed E-state index contributed by atoms with van der Waals surface area (Å²) in [5, 5.41) is 3.26. The van der Waals surface area contributed by atoms with Gasteiger partial charge in [-0.1, -0.05) is 0 Å². The van der Waals surface area contributed by atoms with Gasteiger partial charge in [-0.15, -0.1) is 12.4 Å². The summed E-state index contributed by atoms with van der Waals surface area (Å²) >= 11 is 0. The van der Waals surface area contributed by atoms with Crippen LogP contribution in [0.15, 0.2) is 12.1 Å². The first-order valence-corrected chi connectivity index (χ1v) is 7.10. The van der Waals surface area contributed by atoms with Crippen LogP contribution < -0.4 is 14.8 Å². The standard InChI is InChI=1S/C15H20F3NO2.ClH/c1-3-21-14-7-11(10-5-4-6-19-9-10)13(20-2)8-12(14)15(16,17)18;/h7-8,10,19H,3-6,9H2,1-2H3;1H/t10-;/m1./s1. The first kappa shape index (κ1) is 18.9. The topological polar surface area (TPSA) is 30.5 Å². The van der Waals surface area contributed by atoms with Crippen LogP contribution in [-0.4, -0.2) is 26.8 Å². The van der Waals surface area contributed by atoms with Crippen molar-refractivity contribution in [2.45, 2.75) is 31.9 Å². The highest BCUT2D eigenvalue weighted by Gasteiger charge is 2.36. The molecule has 1 aromatic rings. The Kier molecular flexibility index (Phi) is 6.81. The van der Waals surface area contributed by atoms with E-state index in [0.717, 1.165) is 37.6 Å². The number of piperidine rings is 1. The highest BCUT2D eigenvalue weighted by Crippen LogP contribution is 2.43. The molecule has 3 nitrogen and oxygen atoms in total. The number of halogens is 4. The van der Waals surface area contributed by atoms with E-state index in [1.807, 2.05) is 0 Å². The summed E-state index contributed by atoms with van der Waals surface area (Å²) in [6.07, 6.45) is -2.53. The van der Waals surface area contributed by atoms with Crippen LogP contribution in [0.2, 0.25) is 0 Å². The van der Waals surface area contributed by atoms with Crippen LogP contribution in [-0.2, 0) is 6.18 Å². The number of methoxy groups -OCH3 is 1. The molecule has 7 heteroatoms. The third-order valence-corrected chi connectivity index (χ3v) is 3.67. The fourth-order valence-electron chi connectivity index (χ4n) is 2.69. The van der Waals surface area contributed by atoms with Crippen LogP contribution in [0.1, 0.15) is 36.8 Å². The molecule has 1 aliphatic rings. The molecule has 1 N–H and O–H groups in total. The molecule has 126 valence electrons. The summed E-state index contributed by atoms with van der Waals surface area (Å²) in [4.78, 5) is 0. The third kappa shape index (κ3) is 4.20.